The largest absolute Gasteiger partial charge is 0.346 e. The normalized spacial score (nSPS) is 18.7. The summed E-state index contributed by atoms with van der Waals surface area (Å²) in [5, 5.41) is 8.02. The second kappa shape index (κ2) is 8.38. The minimum atomic E-state index is 0.266. The Bertz CT molecular complexity index is 1170. The highest BCUT2D eigenvalue weighted by Crippen LogP contribution is 2.28. The van der Waals surface area contributed by atoms with Gasteiger partial charge in [0.1, 0.15) is 0 Å². The first kappa shape index (κ1) is 19.5. The fourth-order valence-corrected chi connectivity index (χ4v) is 4.74. The van der Waals surface area contributed by atoms with Crippen LogP contribution in [0.3, 0.4) is 0 Å². The smallest absolute Gasteiger partial charge is 0.223 e. The molecule has 1 fully saturated rings. The number of amides is 1. The molecule has 1 aromatic carbocycles. The lowest BCUT2D eigenvalue weighted by atomic mass is 10.1. The molecule has 6 nitrogen and oxygen atoms in total. The number of hydrogen-bond acceptors (Lipinski definition) is 3. The molecule has 0 radical (unpaired) electrons. The van der Waals surface area contributed by atoms with Gasteiger partial charge in [0, 0.05) is 48.9 Å². The number of aromatic nitrogens is 4. The van der Waals surface area contributed by atoms with Crippen molar-refractivity contribution >= 4 is 16.8 Å². The second-order valence-electron chi connectivity index (χ2n) is 8.57. The molecule has 2 atom stereocenters. The summed E-state index contributed by atoms with van der Waals surface area (Å²) in [5.41, 5.74) is 4.27. The predicted molar refractivity (Wildman–Crippen MR) is 121 cm³/mol. The molecule has 6 heteroatoms. The summed E-state index contributed by atoms with van der Waals surface area (Å²) >= 11 is 0. The van der Waals surface area contributed by atoms with E-state index >= 15 is 0 Å². The highest BCUT2D eigenvalue weighted by atomic mass is 16.2. The summed E-state index contributed by atoms with van der Waals surface area (Å²) in [4.78, 5) is 19.5. The molecule has 158 valence electrons. The number of aryl methyl sites for hydroxylation is 1. The van der Waals surface area contributed by atoms with Crippen molar-refractivity contribution in [3.8, 4) is 11.3 Å². The van der Waals surface area contributed by atoms with Gasteiger partial charge in [0.15, 0.2) is 0 Å². The van der Waals surface area contributed by atoms with Crippen LogP contribution in [-0.2, 0) is 17.8 Å². The Morgan fingerprint density at radius 2 is 2.06 bits per heavy atom. The molecule has 1 aliphatic rings. The molecule has 1 amide bonds. The molecule has 4 heterocycles. The number of pyridine rings is 1. The Hall–Kier alpha value is -3.41. The zero-order valence-electron chi connectivity index (χ0n) is 17.7. The van der Waals surface area contributed by atoms with Gasteiger partial charge in [-0.25, -0.2) is 0 Å². The number of fused-ring (bicyclic) bond motifs is 1. The van der Waals surface area contributed by atoms with E-state index in [9.17, 15) is 4.79 Å². The molecule has 3 aromatic heterocycles. The Morgan fingerprint density at radius 1 is 1.19 bits per heavy atom. The van der Waals surface area contributed by atoms with Crippen LogP contribution in [0.15, 0.2) is 67.3 Å². The van der Waals surface area contributed by atoms with Gasteiger partial charge in [0.2, 0.25) is 5.91 Å². The van der Waals surface area contributed by atoms with E-state index in [0.717, 1.165) is 42.7 Å². The molecule has 0 spiro atoms. The van der Waals surface area contributed by atoms with E-state index in [2.05, 4.69) is 62.0 Å². The fraction of sp³-hybridized carbons (Fsp3) is 0.320. The molecule has 1 saturated heterocycles. The van der Waals surface area contributed by atoms with Crippen molar-refractivity contribution in [1.82, 2.24) is 24.6 Å². The van der Waals surface area contributed by atoms with Crippen molar-refractivity contribution in [3.63, 3.8) is 0 Å². The number of rotatable bonds is 6. The molecule has 0 aliphatic carbocycles. The Balaban J connectivity index is 1.23. The third-order valence-electron chi connectivity index (χ3n) is 6.36. The van der Waals surface area contributed by atoms with Gasteiger partial charge in [0.25, 0.3) is 0 Å². The first-order valence-electron chi connectivity index (χ1n) is 10.9. The van der Waals surface area contributed by atoms with E-state index in [0.29, 0.717) is 18.4 Å². The van der Waals surface area contributed by atoms with Crippen LogP contribution in [0.25, 0.3) is 22.2 Å². The molecule has 0 unspecified atom stereocenters. The molecule has 4 aromatic rings. The third kappa shape index (κ3) is 4.10. The standard InChI is InChI=1S/C25H27N5O/c1-18-11-20(17-30(18)25(31)8-7-19-5-3-2-4-6-19)16-29-10-9-21-12-23(26-15-24(21)29)22-13-27-28-14-22/h2-6,9-10,12-15,18,20H,7-8,11,16-17H2,1H3,(H,27,28)/t18-,20+/m1/s1. The Labute approximate surface area is 181 Å². The lowest BCUT2D eigenvalue weighted by Crippen LogP contribution is -2.34. The lowest BCUT2D eigenvalue weighted by molar-refractivity contribution is -0.131. The molecule has 0 bridgehead atoms. The summed E-state index contributed by atoms with van der Waals surface area (Å²) < 4.78 is 2.27. The van der Waals surface area contributed by atoms with Crippen LogP contribution >= 0.6 is 0 Å². The van der Waals surface area contributed by atoms with Crippen LogP contribution in [0.5, 0.6) is 0 Å². The van der Waals surface area contributed by atoms with Crippen molar-refractivity contribution in [1.29, 1.82) is 0 Å². The van der Waals surface area contributed by atoms with Crippen LogP contribution in [0.1, 0.15) is 25.3 Å². The molecular weight excluding hydrogens is 386 g/mol. The summed E-state index contributed by atoms with van der Waals surface area (Å²) in [6.07, 6.45) is 10.1. The number of hydrogen-bond donors (Lipinski definition) is 1. The van der Waals surface area contributed by atoms with Gasteiger partial charge in [-0.1, -0.05) is 30.3 Å². The minimum Gasteiger partial charge on any atom is -0.346 e. The first-order valence-corrected chi connectivity index (χ1v) is 10.9. The number of carbonyl (C=O) groups excluding carboxylic acids is 1. The number of benzene rings is 1. The van der Waals surface area contributed by atoms with E-state index in [1.54, 1.807) is 6.20 Å². The third-order valence-corrected chi connectivity index (χ3v) is 6.36. The van der Waals surface area contributed by atoms with Crippen molar-refractivity contribution in [2.75, 3.05) is 6.54 Å². The maximum atomic E-state index is 12.8. The van der Waals surface area contributed by atoms with Crippen LogP contribution < -0.4 is 0 Å². The zero-order valence-corrected chi connectivity index (χ0v) is 17.7. The number of carbonyl (C=O) groups is 1. The number of nitrogens with one attached hydrogen (secondary N) is 1. The van der Waals surface area contributed by atoms with Crippen molar-refractivity contribution in [2.45, 2.75) is 38.8 Å². The zero-order chi connectivity index (χ0) is 21.2. The predicted octanol–water partition coefficient (Wildman–Crippen LogP) is 4.30. The van der Waals surface area contributed by atoms with Crippen molar-refractivity contribution in [3.05, 3.63) is 72.8 Å². The van der Waals surface area contributed by atoms with Crippen LogP contribution in [0.2, 0.25) is 0 Å². The summed E-state index contributed by atoms with van der Waals surface area (Å²) in [6.45, 7) is 3.91. The van der Waals surface area contributed by atoms with Gasteiger partial charge in [-0.3, -0.25) is 14.9 Å². The van der Waals surface area contributed by atoms with Crippen LogP contribution in [0, 0.1) is 5.92 Å². The minimum absolute atomic E-state index is 0.266. The van der Waals surface area contributed by atoms with E-state index in [-0.39, 0.29) is 5.91 Å². The quantitative estimate of drug-likeness (QED) is 0.513. The summed E-state index contributed by atoms with van der Waals surface area (Å²) in [6, 6.07) is 14.8. The first-order chi connectivity index (χ1) is 15.2. The lowest BCUT2D eigenvalue weighted by Gasteiger charge is -2.21. The maximum Gasteiger partial charge on any atom is 0.223 e. The van der Waals surface area contributed by atoms with Gasteiger partial charge in [0.05, 0.1) is 23.6 Å². The summed E-state index contributed by atoms with van der Waals surface area (Å²) in [5.74, 6) is 0.725. The van der Waals surface area contributed by atoms with Crippen molar-refractivity contribution < 1.29 is 4.79 Å². The molecule has 1 aliphatic heterocycles. The molecule has 1 N–H and O–H groups in total. The molecule has 5 rings (SSSR count). The molecule has 31 heavy (non-hydrogen) atoms. The van der Waals surface area contributed by atoms with Gasteiger partial charge in [-0.2, -0.15) is 5.10 Å². The fourth-order valence-electron chi connectivity index (χ4n) is 4.74. The molecular formula is C25H27N5O. The number of H-pyrrole nitrogens is 1. The van der Waals surface area contributed by atoms with Crippen molar-refractivity contribution in [2.24, 2.45) is 5.92 Å². The van der Waals surface area contributed by atoms with E-state index in [1.807, 2.05) is 30.6 Å². The topological polar surface area (TPSA) is 66.8 Å². The SMILES string of the molecule is C[C@@H]1C[C@@H](Cn2ccc3cc(-c4cn[nH]c4)ncc32)CN1C(=O)CCc1ccccc1. The van der Waals surface area contributed by atoms with E-state index in [1.165, 1.54) is 10.9 Å². The number of likely N-dealkylation sites (tertiary alicyclic amines) is 1. The van der Waals surface area contributed by atoms with Gasteiger partial charge in [-0.05, 0) is 43.4 Å². The average Bonchev–Trinajstić information content (AvgIpc) is 3.53. The van der Waals surface area contributed by atoms with Gasteiger partial charge < -0.3 is 9.47 Å². The van der Waals surface area contributed by atoms with E-state index in [4.69, 9.17) is 0 Å². The van der Waals surface area contributed by atoms with Crippen LogP contribution in [-0.4, -0.2) is 43.1 Å². The van der Waals surface area contributed by atoms with Gasteiger partial charge >= 0.3 is 0 Å². The molecule has 0 saturated carbocycles. The Kier molecular flexibility index (Phi) is 5.28. The highest BCUT2D eigenvalue weighted by Gasteiger charge is 2.32. The maximum absolute atomic E-state index is 12.8. The number of aromatic amines is 1. The Morgan fingerprint density at radius 3 is 2.87 bits per heavy atom. The summed E-state index contributed by atoms with van der Waals surface area (Å²) in [7, 11) is 0. The number of nitrogens with zero attached hydrogens (tertiary/aromatic N) is 4. The van der Waals surface area contributed by atoms with E-state index < -0.39 is 0 Å². The monoisotopic (exact) mass is 413 g/mol. The second-order valence-corrected chi connectivity index (χ2v) is 8.57. The average molecular weight is 414 g/mol. The van der Waals surface area contributed by atoms with Gasteiger partial charge in [-0.15, -0.1) is 0 Å². The highest BCUT2D eigenvalue weighted by molar-refractivity contribution is 5.83. The van der Waals surface area contributed by atoms with Crippen LogP contribution in [0.4, 0.5) is 0 Å².